The van der Waals surface area contributed by atoms with Gasteiger partial charge in [0.25, 0.3) is 11.8 Å². The summed E-state index contributed by atoms with van der Waals surface area (Å²) in [6.45, 7) is -0.474. The minimum absolute atomic E-state index is 0.156. The van der Waals surface area contributed by atoms with E-state index < -0.39 is 11.8 Å². The van der Waals surface area contributed by atoms with Gasteiger partial charge in [-0.2, -0.15) is 0 Å². The molecule has 0 saturated carbocycles. The van der Waals surface area contributed by atoms with Gasteiger partial charge in [-0.1, -0.05) is 42.5 Å². The first-order valence-corrected chi connectivity index (χ1v) is 10.1. The summed E-state index contributed by atoms with van der Waals surface area (Å²) in [6.07, 6.45) is 0. The van der Waals surface area contributed by atoms with Crippen molar-refractivity contribution in [3.63, 3.8) is 0 Å². The number of nitrogens with one attached hydrogen (secondary N) is 2. The number of methoxy groups -OCH3 is 2. The predicted octanol–water partition coefficient (Wildman–Crippen LogP) is 3.33. The molecule has 0 aliphatic carbocycles. The van der Waals surface area contributed by atoms with E-state index in [9.17, 15) is 14.4 Å². The molecule has 2 amide bonds. The largest absolute Gasteiger partial charge is 0.493 e. The van der Waals surface area contributed by atoms with Gasteiger partial charge < -0.3 is 24.8 Å². The van der Waals surface area contributed by atoms with Crippen molar-refractivity contribution in [3.8, 4) is 17.2 Å². The van der Waals surface area contributed by atoms with Crippen molar-refractivity contribution in [3.05, 3.63) is 83.9 Å². The van der Waals surface area contributed by atoms with Gasteiger partial charge >= 0.3 is 0 Å². The Morgan fingerprint density at radius 2 is 1.48 bits per heavy atom. The number of para-hydroxylation sites is 1. The van der Waals surface area contributed by atoms with Crippen LogP contribution in [0, 0.1) is 0 Å². The fourth-order valence-corrected chi connectivity index (χ4v) is 3.02. The molecule has 0 radical (unpaired) electrons. The topological polar surface area (TPSA) is 103 Å². The van der Waals surface area contributed by atoms with Crippen molar-refractivity contribution in [1.82, 2.24) is 5.32 Å². The third-order valence-electron chi connectivity index (χ3n) is 4.66. The smallest absolute Gasteiger partial charge is 0.262 e. The van der Waals surface area contributed by atoms with E-state index in [0.717, 1.165) is 0 Å². The highest BCUT2D eigenvalue weighted by Gasteiger charge is 2.15. The normalized spacial score (nSPS) is 10.1. The molecule has 0 heterocycles. The van der Waals surface area contributed by atoms with Gasteiger partial charge in [0.1, 0.15) is 5.75 Å². The fraction of sp³-hybridized carbons (Fsp3) is 0.160. The highest BCUT2D eigenvalue weighted by atomic mass is 16.5. The number of benzene rings is 3. The van der Waals surface area contributed by atoms with Crippen LogP contribution in [-0.4, -0.2) is 45.0 Å². The Kier molecular flexibility index (Phi) is 8.02. The standard InChI is InChI=1S/C25H24N2O6/c1-31-22-13-12-18(14-23(22)32-2)27-24(29)16-33-21-11-7-6-10-19(21)25(30)26-15-20(28)17-8-4-3-5-9-17/h3-14H,15-16H2,1-2H3,(H,26,30)(H,27,29). The molecule has 0 saturated heterocycles. The molecule has 2 N–H and O–H groups in total. The molecule has 33 heavy (non-hydrogen) atoms. The van der Waals surface area contributed by atoms with Gasteiger partial charge in [-0.3, -0.25) is 14.4 Å². The summed E-state index contributed by atoms with van der Waals surface area (Å²) in [4.78, 5) is 37.2. The van der Waals surface area contributed by atoms with Crippen LogP contribution >= 0.6 is 0 Å². The Balaban J connectivity index is 1.58. The van der Waals surface area contributed by atoms with Gasteiger partial charge in [-0.25, -0.2) is 0 Å². The van der Waals surface area contributed by atoms with E-state index >= 15 is 0 Å². The zero-order valence-electron chi connectivity index (χ0n) is 18.3. The van der Waals surface area contributed by atoms with E-state index in [0.29, 0.717) is 22.7 Å². The SMILES string of the molecule is COc1ccc(NC(=O)COc2ccccc2C(=O)NCC(=O)c2ccccc2)cc1OC. The summed E-state index contributed by atoms with van der Waals surface area (Å²) in [7, 11) is 3.02. The molecule has 0 aromatic heterocycles. The number of carbonyl (C=O) groups is 3. The van der Waals surface area contributed by atoms with Gasteiger partial charge in [0, 0.05) is 17.3 Å². The van der Waals surface area contributed by atoms with Gasteiger partial charge in [0.05, 0.1) is 26.3 Å². The first-order chi connectivity index (χ1) is 16.0. The van der Waals surface area contributed by atoms with Crippen LogP contribution in [0.1, 0.15) is 20.7 Å². The second-order valence-electron chi connectivity index (χ2n) is 6.87. The summed E-state index contributed by atoms with van der Waals surface area (Å²) in [5.74, 6) is 0.133. The van der Waals surface area contributed by atoms with Crippen LogP contribution in [0.2, 0.25) is 0 Å². The number of ether oxygens (including phenoxy) is 3. The molecule has 0 bridgehead atoms. The second-order valence-corrected chi connectivity index (χ2v) is 6.87. The first kappa shape index (κ1) is 23.3. The zero-order chi connectivity index (χ0) is 23.6. The molecule has 3 rings (SSSR count). The molecule has 3 aromatic carbocycles. The number of ketones is 1. The van der Waals surface area contributed by atoms with Crippen LogP contribution in [0.15, 0.2) is 72.8 Å². The number of carbonyl (C=O) groups excluding carboxylic acids is 3. The Bertz CT molecular complexity index is 1130. The molecule has 0 aliphatic heterocycles. The van der Waals surface area contributed by atoms with Gasteiger partial charge in [-0.15, -0.1) is 0 Å². The Morgan fingerprint density at radius 3 is 2.21 bits per heavy atom. The first-order valence-electron chi connectivity index (χ1n) is 10.1. The average molecular weight is 448 g/mol. The van der Waals surface area contributed by atoms with Gasteiger partial charge in [0.15, 0.2) is 23.9 Å². The van der Waals surface area contributed by atoms with Crippen LogP contribution < -0.4 is 24.8 Å². The van der Waals surface area contributed by atoms with Crippen LogP contribution in [0.4, 0.5) is 5.69 Å². The second kappa shape index (κ2) is 11.3. The number of hydrogen-bond acceptors (Lipinski definition) is 6. The predicted molar refractivity (Wildman–Crippen MR) is 123 cm³/mol. The van der Waals surface area contributed by atoms with Crippen LogP contribution in [0.3, 0.4) is 0 Å². The number of hydrogen-bond donors (Lipinski definition) is 2. The lowest BCUT2D eigenvalue weighted by atomic mass is 10.1. The number of rotatable bonds is 10. The third-order valence-corrected chi connectivity index (χ3v) is 4.66. The third kappa shape index (κ3) is 6.33. The van der Waals surface area contributed by atoms with E-state index in [1.165, 1.54) is 14.2 Å². The minimum atomic E-state index is -0.477. The quantitative estimate of drug-likeness (QED) is 0.461. The lowest BCUT2D eigenvalue weighted by molar-refractivity contribution is -0.118. The van der Waals surface area contributed by atoms with E-state index in [1.807, 2.05) is 6.07 Å². The molecule has 8 heteroatoms. The lowest BCUT2D eigenvalue weighted by Gasteiger charge is -2.13. The maximum Gasteiger partial charge on any atom is 0.262 e. The number of anilines is 1. The lowest BCUT2D eigenvalue weighted by Crippen LogP contribution is -2.30. The maximum atomic E-state index is 12.6. The van der Waals surface area contributed by atoms with Crippen LogP contribution in [-0.2, 0) is 4.79 Å². The molecule has 0 atom stereocenters. The zero-order valence-corrected chi connectivity index (χ0v) is 18.3. The molecular weight excluding hydrogens is 424 g/mol. The van der Waals surface area contributed by atoms with Crippen LogP contribution in [0.25, 0.3) is 0 Å². The summed E-state index contributed by atoms with van der Waals surface area (Å²) >= 11 is 0. The van der Waals surface area contributed by atoms with Crippen molar-refractivity contribution < 1.29 is 28.6 Å². The highest BCUT2D eigenvalue weighted by Crippen LogP contribution is 2.29. The molecule has 170 valence electrons. The molecule has 0 aliphatic rings. The van der Waals surface area contributed by atoms with E-state index in [1.54, 1.807) is 66.7 Å². The summed E-state index contributed by atoms with van der Waals surface area (Å²) in [6, 6.07) is 20.2. The Labute approximate surface area is 191 Å². The molecule has 0 spiro atoms. The number of Topliss-reactive ketones (excluding diaryl/α,β-unsaturated/α-hetero) is 1. The minimum Gasteiger partial charge on any atom is -0.493 e. The van der Waals surface area contributed by atoms with E-state index in [4.69, 9.17) is 14.2 Å². The van der Waals surface area contributed by atoms with Crippen molar-refractivity contribution in [1.29, 1.82) is 0 Å². The molecular formula is C25H24N2O6. The van der Waals surface area contributed by atoms with Crippen LogP contribution in [0.5, 0.6) is 17.2 Å². The summed E-state index contributed by atoms with van der Waals surface area (Å²) < 4.78 is 16.0. The molecule has 8 nitrogen and oxygen atoms in total. The summed E-state index contributed by atoms with van der Waals surface area (Å²) in [5, 5.41) is 5.29. The Morgan fingerprint density at radius 1 is 0.788 bits per heavy atom. The Hall–Kier alpha value is -4.33. The van der Waals surface area contributed by atoms with Crippen molar-refractivity contribution in [2.45, 2.75) is 0 Å². The van der Waals surface area contributed by atoms with E-state index in [2.05, 4.69) is 10.6 Å². The van der Waals surface area contributed by atoms with Gasteiger partial charge in [-0.05, 0) is 24.3 Å². The fourth-order valence-electron chi connectivity index (χ4n) is 3.02. The highest BCUT2D eigenvalue weighted by molar-refractivity contribution is 6.03. The van der Waals surface area contributed by atoms with Gasteiger partial charge in [0.2, 0.25) is 0 Å². The summed E-state index contributed by atoms with van der Waals surface area (Å²) in [5.41, 5.74) is 1.23. The molecule has 0 unspecified atom stereocenters. The van der Waals surface area contributed by atoms with E-state index in [-0.39, 0.29) is 30.2 Å². The monoisotopic (exact) mass is 448 g/mol. The van der Waals surface area contributed by atoms with Crippen molar-refractivity contribution in [2.75, 3.05) is 32.7 Å². The molecule has 3 aromatic rings. The maximum absolute atomic E-state index is 12.6. The van der Waals surface area contributed by atoms with Crippen molar-refractivity contribution in [2.24, 2.45) is 0 Å². The average Bonchev–Trinajstić information content (AvgIpc) is 2.86. The number of amides is 2. The molecule has 0 fully saturated rings. The van der Waals surface area contributed by atoms with Crippen molar-refractivity contribution >= 4 is 23.3 Å².